The molecule has 2 N–H and O–H groups in total. The first-order valence-corrected chi connectivity index (χ1v) is 6.69. The number of aliphatic hydroxyl groups is 1. The first-order chi connectivity index (χ1) is 6.89. The van der Waals surface area contributed by atoms with E-state index in [1.807, 2.05) is 27.7 Å². The molecule has 0 aliphatic carbocycles. The molecular formula is C9H22NO4P. The van der Waals surface area contributed by atoms with E-state index in [0.717, 1.165) is 0 Å². The van der Waals surface area contributed by atoms with Crippen LogP contribution in [0, 0.1) is 11.8 Å². The average molecular weight is 239 g/mol. The predicted molar refractivity (Wildman–Crippen MR) is 59.4 cm³/mol. The zero-order valence-corrected chi connectivity index (χ0v) is 10.8. The monoisotopic (exact) mass is 239 g/mol. The first kappa shape index (κ1) is 15.1. The Morgan fingerprint density at radius 3 is 1.80 bits per heavy atom. The fourth-order valence-electron chi connectivity index (χ4n) is 0.710. The van der Waals surface area contributed by atoms with Gasteiger partial charge in [0.25, 0.3) is 0 Å². The van der Waals surface area contributed by atoms with Crippen molar-refractivity contribution >= 4 is 7.75 Å². The molecule has 15 heavy (non-hydrogen) atoms. The van der Waals surface area contributed by atoms with E-state index < -0.39 is 14.5 Å². The fraction of sp³-hybridized carbons (Fsp3) is 1.00. The molecule has 0 aromatic rings. The van der Waals surface area contributed by atoms with Crippen LogP contribution in [0.25, 0.3) is 0 Å². The van der Waals surface area contributed by atoms with Crippen LogP contribution in [0.5, 0.6) is 0 Å². The predicted octanol–water partition coefficient (Wildman–Crippen LogP) is 1.98. The van der Waals surface area contributed by atoms with Gasteiger partial charge in [0, 0.05) is 0 Å². The molecule has 0 saturated heterocycles. The molecule has 92 valence electrons. The summed E-state index contributed by atoms with van der Waals surface area (Å²) in [5, 5.41) is 11.0. The summed E-state index contributed by atoms with van der Waals surface area (Å²) in [4.78, 5) is 0. The Morgan fingerprint density at radius 1 is 1.13 bits per heavy atom. The molecule has 0 rings (SSSR count). The van der Waals surface area contributed by atoms with Crippen molar-refractivity contribution in [1.82, 2.24) is 5.09 Å². The smallest absolute Gasteiger partial charge is 0.381 e. The maximum Gasteiger partial charge on any atom is 0.407 e. The van der Waals surface area contributed by atoms with E-state index in [4.69, 9.17) is 14.2 Å². The maximum atomic E-state index is 11.9. The summed E-state index contributed by atoms with van der Waals surface area (Å²) in [5.41, 5.74) is 0. The zero-order valence-electron chi connectivity index (χ0n) is 9.90. The van der Waals surface area contributed by atoms with Crippen molar-refractivity contribution in [2.24, 2.45) is 11.8 Å². The van der Waals surface area contributed by atoms with E-state index in [-0.39, 0.29) is 11.8 Å². The Bertz CT molecular complexity index is 192. The fourth-order valence-corrected chi connectivity index (χ4v) is 2.13. The van der Waals surface area contributed by atoms with Gasteiger partial charge in [0.2, 0.25) is 0 Å². The second-order valence-corrected chi connectivity index (χ2v) is 6.02. The Morgan fingerprint density at radius 2 is 1.53 bits per heavy atom. The van der Waals surface area contributed by atoms with Crippen LogP contribution in [-0.4, -0.2) is 25.1 Å². The number of rotatable bonds is 8. The summed E-state index contributed by atoms with van der Waals surface area (Å²) in [6, 6.07) is 0. The molecule has 0 atom stereocenters. The van der Waals surface area contributed by atoms with Crippen molar-refractivity contribution < 1.29 is 18.7 Å². The van der Waals surface area contributed by atoms with Gasteiger partial charge in [-0.05, 0) is 11.8 Å². The lowest BCUT2D eigenvalue weighted by atomic mass is 10.2. The largest absolute Gasteiger partial charge is 0.407 e. The lowest BCUT2D eigenvalue weighted by Gasteiger charge is -2.20. The third-order valence-electron chi connectivity index (χ3n) is 1.42. The Kier molecular flexibility index (Phi) is 7.40. The van der Waals surface area contributed by atoms with Crippen LogP contribution in [0.3, 0.4) is 0 Å². The van der Waals surface area contributed by atoms with E-state index in [2.05, 4.69) is 5.09 Å². The summed E-state index contributed by atoms with van der Waals surface area (Å²) < 4.78 is 22.2. The van der Waals surface area contributed by atoms with E-state index in [1.54, 1.807) is 0 Å². The molecule has 0 aromatic carbocycles. The average Bonchev–Trinajstić information content (AvgIpc) is 2.13. The molecular weight excluding hydrogens is 217 g/mol. The van der Waals surface area contributed by atoms with Crippen LogP contribution in [0.2, 0.25) is 0 Å². The molecule has 0 radical (unpaired) electrons. The van der Waals surface area contributed by atoms with E-state index in [9.17, 15) is 4.57 Å². The highest BCUT2D eigenvalue weighted by atomic mass is 31.2. The van der Waals surface area contributed by atoms with E-state index >= 15 is 0 Å². The molecule has 0 amide bonds. The van der Waals surface area contributed by atoms with Crippen LogP contribution in [0.1, 0.15) is 27.7 Å². The van der Waals surface area contributed by atoms with Crippen LogP contribution in [-0.2, 0) is 13.6 Å². The van der Waals surface area contributed by atoms with Gasteiger partial charge in [-0.25, -0.2) is 4.57 Å². The van der Waals surface area contributed by atoms with Crippen molar-refractivity contribution in [3.63, 3.8) is 0 Å². The first-order valence-electron chi connectivity index (χ1n) is 5.14. The SMILES string of the molecule is CC(C)COP(=O)(NCO)OCC(C)C. The highest BCUT2D eigenvalue weighted by Crippen LogP contribution is 2.44. The normalized spacial score (nSPS) is 12.7. The standard InChI is InChI=1S/C9H22NO4P/c1-8(2)5-13-15(12,10-7-11)14-6-9(3)4/h8-9,11H,5-7H2,1-4H3,(H,10,12). The second-order valence-electron chi connectivity index (χ2n) is 4.19. The third-order valence-corrected chi connectivity index (χ3v) is 2.93. The van der Waals surface area contributed by atoms with Gasteiger partial charge in [0.05, 0.1) is 13.2 Å². The summed E-state index contributed by atoms with van der Waals surface area (Å²) in [7, 11) is -3.33. The lowest BCUT2D eigenvalue weighted by molar-refractivity contribution is 0.155. The van der Waals surface area contributed by atoms with E-state index in [0.29, 0.717) is 13.2 Å². The Balaban J connectivity index is 4.12. The van der Waals surface area contributed by atoms with Crippen LogP contribution >= 0.6 is 7.75 Å². The molecule has 0 aliphatic heterocycles. The molecule has 0 aliphatic rings. The molecule has 0 heterocycles. The maximum absolute atomic E-state index is 11.9. The molecule has 5 nitrogen and oxygen atoms in total. The molecule has 0 bridgehead atoms. The number of nitrogens with one attached hydrogen (secondary N) is 1. The Hall–Kier alpha value is 0.0700. The minimum absolute atomic E-state index is 0.265. The highest BCUT2D eigenvalue weighted by Gasteiger charge is 2.24. The number of aliphatic hydroxyl groups excluding tert-OH is 1. The van der Waals surface area contributed by atoms with Crippen molar-refractivity contribution in [2.75, 3.05) is 19.9 Å². The van der Waals surface area contributed by atoms with Gasteiger partial charge in [-0.2, -0.15) is 5.09 Å². The summed E-state index contributed by atoms with van der Waals surface area (Å²) in [6.07, 6.45) is 0. The van der Waals surface area contributed by atoms with Gasteiger partial charge in [-0.1, -0.05) is 27.7 Å². The molecule has 0 saturated carbocycles. The number of hydrogen-bond donors (Lipinski definition) is 2. The lowest BCUT2D eigenvalue weighted by Crippen LogP contribution is -2.18. The highest BCUT2D eigenvalue weighted by molar-refractivity contribution is 7.51. The molecule has 0 fully saturated rings. The van der Waals surface area contributed by atoms with Crippen molar-refractivity contribution in [3.05, 3.63) is 0 Å². The number of hydrogen-bond acceptors (Lipinski definition) is 4. The van der Waals surface area contributed by atoms with Crippen LogP contribution < -0.4 is 5.09 Å². The molecule has 0 spiro atoms. The van der Waals surface area contributed by atoms with Crippen molar-refractivity contribution in [3.8, 4) is 0 Å². The van der Waals surface area contributed by atoms with Crippen LogP contribution in [0.15, 0.2) is 0 Å². The van der Waals surface area contributed by atoms with Crippen molar-refractivity contribution in [1.29, 1.82) is 0 Å². The van der Waals surface area contributed by atoms with Gasteiger partial charge < -0.3 is 5.11 Å². The minimum Gasteiger partial charge on any atom is -0.381 e. The molecule has 6 heteroatoms. The Labute approximate surface area is 91.7 Å². The summed E-state index contributed by atoms with van der Waals surface area (Å²) >= 11 is 0. The minimum atomic E-state index is -3.33. The topological polar surface area (TPSA) is 67.8 Å². The summed E-state index contributed by atoms with van der Waals surface area (Å²) in [5.74, 6) is 0.530. The van der Waals surface area contributed by atoms with Crippen molar-refractivity contribution in [2.45, 2.75) is 27.7 Å². The third kappa shape index (κ3) is 7.94. The van der Waals surface area contributed by atoms with Gasteiger partial charge in [0.15, 0.2) is 0 Å². The van der Waals surface area contributed by atoms with Gasteiger partial charge in [0.1, 0.15) is 6.73 Å². The quantitative estimate of drug-likeness (QED) is 0.500. The van der Waals surface area contributed by atoms with Gasteiger partial charge in [-0.3, -0.25) is 9.05 Å². The summed E-state index contributed by atoms with van der Waals surface area (Å²) in [6.45, 7) is 8.05. The van der Waals surface area contributed by atoms with Gasteiger partial charge in [-0.15, -0.1) is 0 Å². The van der Waals surface area contributed by atoms with Gasteiger partial charge >= 0.3 is 7.75 Å². The van der Waals surface area contributed by atoms with E-state index in [1.165, 1.54) is 0 Å². The second kappa shape index (κ2) is 7.36. The molecule has 0 unspecified atom stereocenters. The zero-order chi connectivity index (χ0) is 11.9. The van der Waals surface area contributed by atoms with Crippen LogP contribution in [0.4, 0.5) is 0 Å². The molecule has 0 aromatic heterocycles.